The summed E-state index contributed by atoms with van der Waals surface area (Å²) < 4.78 is 26.3. The number of halogens is 2. The molecular formula is C17H25F2N3O2. The monoisotopic (exact) mass is 341 g/mol. The highest BCUT2D eigenvalue weighted by molar-refractivity contribution is 6.39. The van der Waals surface area contributed by atoms with Gasteiger partial charge in [0.25, 0.3) is 0 Å². The van der Waals surface area contributed by atoms with E-state index in [1.807, 2.05) is 39.8 Å². The van der Waals surface area contributed by atoms with E-state index in [0.717, 1.165) is 18.7 Å². The molecule has 1 rings (SSSR count). The van der Waals surface area contributed by atoms with Crippen molar-refractivity contribution in [1.82, 2.24) is 10.2 Å². The first kappa shape index (κ1) is 20.0. The smallest absolute Gasteiger partial charge is 0.313 e. The lowest BCUT2D eigenvalue weighted by Gasteiger charge is -2.32. The van der Waals surface area contributed by atoms with Crippen molar-refractivity contribution in [3.63, 3.8) is 0 Å². The molecule has 2 amide bonds. The normalized spacial score (nSPS) is 12.8. The van der Waals surface area contributed by atoms with Crippen LogP contribution in [0.2, 0.25) is 0 Å². The molecule has 0 aliphatic heterocycles. The molecule has 0 aliphatic rings. The molecule has 0 fully saturated rings. The average molecular weight is 341 g/mol. The van der Waals surface area contributed by atoms with E-state index in [0.29, 0.717) is 12.5 Å². The molecule has 0 spiro atoms. The van der Waals surface area contributed by atoms with Crippen molar-refractivity contribution in [1.29, 1.82) is 0 Å². The molecule has 1 atom stereocenters. The number of carbonyl (C=O) groups excluding carboxylic acids is 2. The van der Waals surface area contributed by atoms with Gasteiger partial charge in [-0.1, -0.05) is 20.8 Å². The largest absolute Gasteiger partial charge is 0.345 e. The fraction of sp³-hybridized carbons (Fsp3) is 0.529. The molecule has 0 saturated heterocycles. The summed E-state index contributed by atoms with van der Waals surface area (Å²) in [4.78, 5) is 26.0. The van der Waals surface area contributed by atoms with Gasteiger partial charge in [-0.15, -0.1) is 0 Å². The third-order valence-electron chi connectivity index (χ3n) is 3.54. The number of rotatable bonds is 5. The highest BCUT2D eigenvalue weighted by Gasteiger charge is 2.28. The Morgan fingerprint density at radius 2 is 1.62 bits per heavy atom. The zero-order valence-corrected chi connectivity index (χ0v) is 14.7. The Morgan fingerprint density at radius 1 is 1.08 bits per heavy atom. The van der Waals surface area contributed by atoms with Gasteiger partial charge >= 0.3 is 11.8 Å². The van der Waals surface area contributed by atoms with Crippen LogP contribution in [0.4, 0.5) is 14.5 Å². The lowest BCUT2D eigenvalue weighted by atomic mass is 9.84. The van der Waals surface area contributed by atoms with Crippen LogP contribution in [-0.4, -0.2) is 43.4 Å². The van der Waals surface area contributed by atoms with E-state index >= 15 is 0 Å². The summed E-state index contributed by atoms with van der Waals surface area (Å²) in [5.74, 6) is -3.45. The number of anilines is 1. The number of carbonyl (C=O) groups is 2. The molecule has 1 aromatic rings. The molecule has 0 radical (unpaired) electrons. The van der Waals surface area contributed by atoms with Crippen LogP contribution >= 0.6 is 0 Å². The van der Waals surface area contributed by atoms with Gasteiger partial charge in [0.2, 0.25) is 0 Å². The van der Waals surface area contributed by atoms with Crippen LogP contribution in [-0.2, 0) is 9.59 Å². The van der Waals surface area contributed by atoms with Crippen molar-refractivity contribution < 1.29 is 18.4 Å². The summed E-state index contributed by atoms with van der Waals surface area (Å²) in [6.45, 7) is 6.65. The van der Waals surface area contributed by atoms with Gasteiger partial charge in [0.1, 0.15) is 11.6 Å². The minimum atomic E-state index is -0.959. The third kappa shape index (κ3) is 6.62. The van der Waals surface area contributed by atoms with Gasteiger partial charge in [-0.05, 0) is 44.6 Å². The Labute approximate surface area is 141 Å². The zero-order chi connectivity index (χ0) is 18.5. The molecule has 0 bridgehead atoms. The van der Waals surface area contributed by atoms with Crippen LogP contribution in [0.3, 0.4) is 0 Å². The Hall–Kier alpha value is -2.02. The van der Waals surface area contributed by atoms with E-state index < -0.39 is 23.4 Å². The molecule has 0 aromatic heterocycles. The van der Waals surface area contributed by atoms with Crippen molar-refractivity contribution in [3.05, 3.63) is 29.8 Å². The van der Waals surface area contributed by atoms with Crippen LogP contribution in [0.15, 0.2) is 18.2 Å². The van der Waals surface area contributed by atoms with E-state index in [2.05, 4.69) is 10.6 Å². The van der Waals surface area contributed by atoms with E-state index in [4.69, 9.17) is 0 Å². The lowest BCUT2D eigenvalue weighted by molar-refractivity contribution is -0.137. The van der Waals surface area contributed by atoms with Crippen molar-refractivity contribution in [2.24, 2.45) is 5.41 Å². The molecule has 0 aliphatic carbocycles. The van der Waals surface area contributed by atoms with Crippen LogP contribution in [0, 0.1) is 17.0 Å². The topological polar surface area (TPSA) is 61.4 Å². The lowest BCUT2D eigenvalue weighted by Crippen LogP contribution is -2.48. The maximum absolute atomic E-state index is 13.1. The third-order valence-corrected chi connectivity index (χ3v) is 3.54. The molecule has 5 nitrogen and oxygen atoms in total. The minimum Gasteiger partial charge on any atom is -0.345 e. The van der Waals surface area contributed by atoms with E-state index in [1.54, 1.807) is 0 Å². The van der Waals surface area contributed by atoms with Crippen LogP contribution < -0.4 is 10.6 Å². The van der Waals surface area contributed by atoms with Gasteiger partial charge in [-0.25, -0.2) is 8.78 Å². The van der Waals surface area contributed by atoms with Crippen molar-refractivity contribution in [2.75, 3.05) is 26.0 Å². The van der Waals surface area contributed by atoms with Gasteiger partial charge < -0.3 is 15.5 Å². The number of hydrogen-bond donors (Lipinski definition) is 2. The van der Waals surface area contributed by atoms with E-state index in [9.17, 15) is 18.4 Å². The van der Waals surface area contributed by atoms with Gasteiger partial charge in [0.15, 0.2) is 0 Å². The number of benzene rings is 1. The first-order valence-corrected chi connectivity index (χ1v) is 7.71. The molecule has 134 valence electrons. The van der Waals surface area contributed by atoms with Crippen molar-refractivity contribution in [2.45, 2.75) is 33.2 Å². The van der Waals surface area contributed by atoms with E-state index in [-0.39, 0.29) is 17.1 Å². The molecular weight excluding hydrogens is 316 g/mol. The first-order chi connectivity index (χ1) is 11.0. The van der Waals surface area contributed by atoms with Gasteiger partial charge in [0, 0.05) is 17.8 Å². The second kappa shape index (κ2) is 8.19. The Kier molecular flexibility index (Phi) is 6.83. The Balaban J connectivity index is 2.74. The molecule has 2 N–H and O–H groups in total. The number of hydrogen-bond acceptors (Lipinski definition) is 3. The van der Waals surface area contributed by atoms with Crippen LogP contribution in [0.1, 0.15) is 27.2 Å². The summed E-state index contributed by atoms with van der Waals surface area (Å²) in [6, 6.07) is 2.36. The molecule has 0 saturated carbocycles. The standard InChI is InChI=1S/C17H25F2N3O2/c1-17(2,3)14(6-7-22(4)5)21-16(24)15(23)20-13-9-11(18)8-12(19)10-13/h8-10,14H,6-7H2,1-5H3,(H,20,23)(H,21,24)/t14-/m1/s1. The highest BCUT2D eigenvalue weighted by atomic mass is 19.1. The van der Waals surface area contributed by atoms with Gasteiger partial charge in [0.05, 0.1) is 0 Å². The van der Waals surface area contributed by atoms with Crippen LogP contribution in [0.25, 0.3) is 0 Å². The predicted molar refractivity (Wildman–Crippen MR) is 89.5 cm³/mol. The zero-order valence-electron chi connectivity index (χ0n) is 14.7. The summed E-state index contributed by atoms with van der Waals surface area (Å²) in [6.07, 6.45) is 0.671. The first-order valence-electron chi connectivity index (χ1n) is 7.71. The minimum absolute atomic E-state index is 0.103. The fourth-order valence-electron chi connectivity index (χ4n) is 2.15. The molecule has 24 heavy (non-hydrogen) atoms. The molecule has 0 unspecified atom stereocenters. The summed E-state index contributed by atoms with van der Waals surface area (Å²) >= 11 is 0. The maximum Gasteiger partial charge on any atom is 0.313 e. The highest BCUT2D eigenvalue weighted by Crippen LogP contribution is 2.22. The number of amides is 2. The Morgan fingerprint density at radius 3 is 2.08 bits per heavy atom. The van der Waals surface area contributed by atoms with E-state index in [1.165, 1.54) is 0 Å². The quantitative estimate of drug-likeness (QED) is 0.809. The second-order valence-corrected chi connectivity index (χ2v) is 7.10. The molecule has 0 heterocycles. The van der Waals surface area contributed by atoms with Crippen LogP contribution in [0.5, 0.6) is 0 Å². The van der Waals surface area contributed by atoms with Crippen molar-refractivity contribution in [3.8, 4) is 0 Å². The van der Waals surface area contributed by atoms with Gasteiger partial charge in [-0.3, -0.25) is 9.59 Å². The number of nitrogens with zero attached hydrogens (tertiary/aromatic N) is 1. The molecule has 1 aromatic carbocycles. The summed E-state index contributed by atoms with van der Waals surface area (Å²) in [5.41, 5.74) is -0.343. The fourth-order valence-corrected chi connectivity index (χ4v) is 2.15. The average Bonchev–Trinajstić information content (AvgIpc) is 2.40. The Bertz CT molecular complexity index is 578. The molecule has 7 heteroatoms. The van der Waals surface area contributed by atoms with Crippen molar-refractivity contribution >= 4 is 17.5 Å². The summed E-state index contributed by atoms with van der Waals surface area (Å²) in [5, 5.41) is 4.90. The predicted octanol–water partition coefficient (Wildman–Crippen LogP) is 2.39. The summed E-state index contributed by atoms with van der Waals surface area (Å²) in [7, 11) is 3.85. The maximum atomic E-state index is 13.1. The SMILES string of the molecule is CN(C)CC[C@@H](NC(=O)C(=O)Nc1cc(F)cc(F)c1)C(C)(C)C. The second-order valence-electron chi connectivity index (χ2n) is 7.10. The number of nitrogens with one attached hydrogen (secondary N) is 2. The van der Waals surface area contributed by atoms with Gasteiger partial charge in [-0.2, -0.15) is 0 Å².